The first-order valence-electron chi connectivity index (χ1n) is 13.5. The Morgan fingerprint density at radius 3 is 2.76 bits per heavy atom. The van der Waals surface area contributed by atoms with Crippen molar-refractivity contribution in [1.82, 2.24) is 20.1 Å². The van der Waals surface area contributed by atoms with Crippen molar-refractivity contribution >= 4 is 45.9 Å². The molecule has 3 heterocycles. The number of nitrogens with one attached hydrogen (secondary N) is 2. The molecule has 2 amide bonds. The third kappa shape index (κ3) is 6.71. The molecule has 41 heavy (non-hydrogen) atoms. The number of hydrogen-bond donors (Lipinski definition) is 2. The van der Waals surface area contributed by atoms with Crippen molar-refractivity contribution in [3.05, 3.63) is 75.8 Å². The van der Waals surface area contributed by atoms with Crippen molar-refractivity contribution in [3.8, 4) is 5.69 Å². The van der Waals surface area contributed by atoms with E-state index < -0.39 is 5.97 Å². The van der Waals surface area contributed by atoms with Gasteiger partial charge in [-0.25, -0.2) is 4.79 Å². The van der Waals surface area contributed by atoms with Gasteiger partial charge in [-0.1, -0.05) is 30.3 Å². The van der Waals surface area contributed by atoms with Gasteiger partial charge in [-0.2, -0.15) is 0 Å². The van der Waals surface area contributed by atoms with E-state index in [1.165, 1.54) is 29.4 Å². The highest BCUT2D eigenvalue weighted by molar-refractivity contribution is 7.99. The van der Waals surface area contributed by atoms with E-state index in [0.717, 1.165) is 53.8 Å². The minimum absolute atomic E-state index is 0.0491. The number of aromatic nitrogens is 3. The number of benzene rings is 1. The van der Waals surface area contributed by atoms with Crippen molar-refractivity contribution in [3.63, 3.8) is 0 Å². The Bertz CT molecular complexity index is 1540. The Morgan fingerprint density at radius 2 is 1.98 bits per heavy atom. The SMILES string of the molecule is CCOC(=O)c1c(NC(=O)CSc2nnc(CNC(=O)c3ccco3)n2-c2cccc(C)c2)sc2c1CCCCC2. The van der Waals surface area contributed by atoms with Crippen LogP contribution < -0.4 is 10.6 Å². The summed E-state index contributed by atoms with van der Waals surface area (Å²) in [5.41, 5.74) is 3.35. The Hall–Kier alpha value is -3.90. The van der Waals surface area contributed by atoms with Crippen molar-refractivity contribution in [2.45, 2.75) is 57.7 Å². The molecule has 2 N–H and O–H groups in total. The summed E-state index contributed by atoms with van der Waals surface area (Å²) >= 11 is 2.70. The van der Waals surface area contributed by atoms with Gasteiger partial charge in [-0.3, -0.25) is 14.2 Å². The van der Waals surface area contributed by atoms with Gasteiger partial charge in [0.25, 0.3) is 5.91 Å². The van der Waals surface area contributed by atoms with E-state index in [4.69, 9.17) is 9.15 Å². The van der Waals surface area contributed by atoms with E-state index in [0.29, 0.717) is 21.5 Å². The third-order valence-corrected chi connectivity index (χ3v) is 8.73. The molecule has 3 aromatic heterocycles. The molecule has 0 spiro atoms. The molecule has 0 atom stereocenters. The zero-order valence-corrected chi connectivity index (χ0v) is 24.5. The van der Waals surface area contributed by atoms with E-state index in [2.05, 4.69) is 20.8 Å². The lowest BCUT2D eigenvalue weighted by molar-refractivity contribution is -0.113. The number of aryl methyl sites for hydroxylation is 2. The molecule has 0 bridgehead atoms. The van der Waals surface area contributed by atoms with Crippen LogP contribution in [0.25, 0.3) is 5.69 Å². The Labute approximate surface area is 245 Å². The number of furan rings is 1. The van der Waals surface area contributed by atoms with Gasteiger partial charge in [0, 0.05) is 10.6 Å². The second-order valence-electron chi connectivity index (χ2n) is 9.56. The molecule has 12 heteroatoms. The maximum Gasteiger partial charge on any atom is 0.341 e. The van der Waals surface area contributed by atoms with Crippen molar-refractivity contribution in [2.24, 2.45) is 0 Å². The lowest BCUT2D eigenvalue weighted by Gasteiger charge is -2.12. The third-order valence-electron chi connectivity index (χ3n) is 6.60. The quantitative estimate of drug-likeness (QED) is 0.143. The highest BCUT2D eigenvalue weighted by atomic mass is 32.2. The Kier molecular flexibility index (Phi) is 9.20. The number of thioether (sulfide) groups is 1. The average molecular weight is 594 g/mol. The predicted octanol–water partition coefficient (Wildman–Crippen LogP) is 5.34. The van der Waals surface area contributed by atoms with Gasteiger partial charge in [0.05, 0.1) is 30.7 Å². The summed E-state index contributed by atoms with van der Waals surface area (Å²) in [6.45, 7) is 4.14. The summed E-state index contributed by atoms with van der Waals surface area (Å²) in [4.78, 5) is 39.6. The summed E-state index contributed by atoms with van der Waals surface area (Å²) in [5.74, 6) is -0.267. The smallest absolute Gasteiger partial charge is 0.341 e. The molecule has 0 saturated heterocycles. The fourth-order valence-corrected chi connectivity index (χ4v) is 6.80. The summed E-state index contributed by atoms with van der Waals surface area (Å²) in [7, 11) is 0. The molecule has 0 fully saturated rings. The van der Waals surface area contributed by atoms with Crippen LogP contribution >= 0.6 is 23.1 Å². The molecular weight excluding hydrogens is 562 g/mol. The van der Waals surface area contributed by atoms with Gasteiger partial charge >= 0.3 is 5.97 Å². The van der Waals surface area contributed by atoms with Gasteiger partial charge in [0.2, 0.25) is 5.91 Å². The van der Waals surface area contributed by atoms with Gasteiger partial charge in [-0.05, 0) is 74.9 Å². The minimum Gasteiger partial charge on any atom is -0.462 e. The number of anilines is 1. The fourth-order valence-electron chi connectivity index (χ4n) is 4.73. The molecule has 0 unspecified atom stereocenters. The fraction of sp³-hybridized carbons (Fsp3) is 0.345. The normalized spacial score (nSPS) is 12.8. The molecule has 0 saturated carbocycles. The van der Waals surface area contributed by atoms with Crippen LogP contribution in [0.1, 0.15) is 68.9 Å². The van der Waals surface area contributed by atoms with Crippen LogP contribution in [0.15, 0.2) is 52.2 Å². The lowest BCUT2D eigenvalue weighted by Crippen LogP contribution is -2.24. The number of amides is 2. The van der Waals surface area contributed by atoms with E-state index in [1.807, 2.05) is 35.8 Å². The van der Waals surface area contributed by atoms with Crippen LogP contribution in [-0.2, 0) is 28.9 Å². The zero-order chi connectivity index (χ0) is 28.8. The van der Waals surface area contributed by atoms with Crippen LogP contribution in [0, 0.1) is 6.92 Å². The van der Waals surface area contributed by atoms with Gasteiger partial charge < -0.3 is 19.8 Å². The largest absolute Gasteiger partial charge is 0.462 e. The topological polar surface area (TPSA) is 128 Å². The van der Waals surface area contributed by atoms with Crippen LogP contribution in [0.5, 0.6) is 0 Å². The van der Waals surface area contributed by atoms with Crippen LogP contribution in [0.4, 0.5) is 5.00 Å². The minimum atomic E-state index is -0.393. The molecular formula is C29H31N5O5S2. The summed E-state index contributed by atoms with van der Waals surface area (Å²) < 4.78 is 12.3. The Morgan fingerprint density at radius 1 is 1.12 bits per heavy atom. The zero-order valence-electron chi connectivity index (χ0n) is 22.9. The summed E-state index contributed by atoms with van der Waals surface area (Å²) in [6.07, 6.45) is 6.35. The number of carbonyl (C=O) groups excluding carboxylic acids is 3. The van der Waals surface area contributed by atoms with Gasteiger partial charge in [0.1, 0.15) is 5.00 Å². The van der Waals surface area contributed by atoms with Crippen LogP contribution in [0.2, 0.25) is 0 Å². The first-order valence-corrected chi connectivity index (χ1v) is 15.3. The number of esters is 1. The van der Waals surface area contributed by atoms with Crippen molar-refractivity contribution in [2.75, 3.05) is 17.7 Å². The van der Waals surface area contributed by atoms with E-state index in [-0.39, 0.29) is 36.5 Å². The second kappa shape index (κ2) is 13.2. The number of nitrogens with zero attached hydrogens (tertiary/aromatic N) is 3. The van der Waals surface area contributed by atoms with Crippen molar-refractivity contribution < 1.29 is 23.5 Å². The number of hydrogen-bond acceptors (Lipinski definition) is 9. The number of thiophene rings is 1. The van der Waals surface area contributed by atoms with E-state index in [9.17, 15) is 14.4 Å². The molecule has 1 aromatic carbocycles. The molecule has 4 aromatic rings. The first-order chi connectivity index (χ1) is 19.9. The number of ether oxygens (including phenoxy) is 1. The maximum absolute atomic E-state index is 13.2. The highest BCUT2D eigenvalue weighted by Crippen LogP contribution is 2.38. The van der Waals surface area contributed by atoms with Crippen LogP contribution in [-0.4, -0.2) is 44.9 Å². The maximum atomic E-state index is 13.2. The highest BCUT2D eigenvalue weighted by Gasteiger charge is 2.27. The monoisotopic (exact) mass is 593 g/mol. The first kappa shape index (κ1) is 28.6. The molecule has 5 rings (SSSR count). The van der Waals surface area contributed by atoms with E-state index >= 15 is 0 Å². The predicted molar refractivity (Wildman–Crippen MR) is 157 cm³/mol. The standard InChI is InChI=1S/C29H31N5O5S2/c1-3-38-28(37)25-20-11-5-4-6-13-22(20)41-27(25)31-24(35)17-40-29-33-32-23(16-30-26(36)21-12-8-14-39-21)34(29)19-10-7-9-18(2)15-19/h7-10,12,14-15H,3-6,11,13,16-17H2,1-2H3,(H,30,36)(H,31,35). The molecule has 1 aliphatic carbocycles. The van der Waals surface area contributed by atoms with E-state index in [1.54, 1.807) is 19.1 Å². The summed E-state index contributed by atoms with van der Waals surface area (Å²) in [5, 5.41) is 15.4. The molecule has 1 aliphatic rings. The number of rotatable bonds is 10. The van der Waals surface area contributed by atoms with Gasteiger partial charge in [0.15, 0.2) is 16.7 Å². The second-order valence-corrected chi connectivity index (χ2v) is 11.6. The molecule has 214 valence electrons. The van der Waals surface area contributed by atoms with Gasteiger partial charge in [-0.15, -0.1) is 21.5 Å². The number of fused-ring (bicyclic) bond motifs is 1. The molecule has 10 nitrogen and oxygen atoms in total. The van der Waals surface area contributed by atoms with Crippen LogP contribution in [0.3, 0.4) is 0 Å². The Balaban J connectivity index is 1.33. The molecule has 0 aliphatic heterocycles. The summed E-state index contributed by atoms with van der Waals surface area (Å²) in [6, 6.07) is 11.0. The number of carbonyl (C=O) groups is 3. The average Bonchev–Trinajstić information content (AvgIpc) is 3.67. The lowest BCUT2D eigenvalue weighted by atomic mass is 10.1. The van der Waals surface area contributed by atoms with Crippen molar-refractivity contribution in [1.29, 1.82) is 0 Å². The molecule has 0 radical (unpaired) electrons.